The average Bonchev–Trinajstić information content (AvgIpc) is 3.07. The predicted octanol–water partition coefficient (Wildman–Crippen LogP) is 4.12. The smallest absolute Gasteiger partial charge is 0.339 e. The fourth-order valence-electron chi connectivity index (χ4n) is 1.23. The van der Waals surface area contributed by atoms with Gasteiger partial charge in [0.1, 0.15) is 0 Å². The Hall–Kier alpha value is -0.0657. The molecule has 0 saturated heterocycles. The van der Waals surface area contributed by atoms with Crippen LogP contribution in [0.4, 0.5) is 0 Å². The van der Waals surface area contributed by atoms with E-state index in [-0.39, 0.29) is 21.7 Å². The predicted molar refractivity (Wildman–Crippen MR) is 77.2 cm³/mol. The summed E-state index contributed by atoms with van der Waals surface area (Å²) in [5.41, 5.74) is 0. The van der Waals surface area contributed by atoms with Gasteiger partial charge in [-0.15, -0.1) is 0 Å². The van der Waals surface area contributed by atoms with Crippen LogP contribution in [0.1, 0.15) is 6.92 Å². The molecule has 0 amide bonds. The molecule has 0 unspecified atom stereocenters. The molecule has 10 radical (unpaired) electrons. The number of hydrogen-bond donors (Lipinski definition) is 0. The van der Waals surface area contributed by atoms with Crippen molar-refractivity contribution in [1.82, 2.24) is 0 Å². The van der Waals surface area contributed by atoms with Crippen LogP contribution in [0.3, 0.4) is 0 Å². The van der Waals surface area contributed by atoms with Gasteiger partial charge in [0.05, 0.1) is 0 Å². The second-order valence-electron chi connectivity index (χ2n) is 3.83. The van der Waals surface area contributed by atoms with E-state index in [1.54, 1.807) is 0 Å². The molecule has 0 atom stereocenters. The first kappa shape index (κ1) is 18.9. The molecule has 0 N–H and O–H groups in total. The topological polar surface area (TPSA) is 0 Å². The SMILES string of the molecule is C[C]1[CH][CH][CH][CH]1.[CH2-][C]1[CH][CH][CH][CH]1.[Ti+2].[c-]1ccccc1. The summed E-state index contributed by atoms with van der Waals surface area (Å²) in [4.78, 5) is 0. The van der Waals surface area contributed by atoms with Crippen molar-refractivity contribution in [3.63, 3.8) is 0 Å². The minimum atomic E-state index is 0. The Morgan fingerprint density at radius 2 is 1.26 bits per heavy atom. The summed E-state index contributed by atoms with van der Waals surface area (Å²) < 4.78 is 0. The zero-order chi connectivity index (χ0) is 13.1. The Morgan fingerprint density at radius 3 is 1.42 bits per heavy atom. The van der Waals surface area contributed by atoms with Crippen molar-refractivity contribution in [1.29, 1.82) is 0 Å². The van der Waals surface area contributed by atoms with E-state index in [1.807, 2.05) is 68.9 Å². The van der Waals surface area contributed by atoms with Crippen molar-refractivity contribution in [3.05, 3.63) is 107 Å². The zero-order valence-electron chi connectivity index (χ0n) is 11.2. The van der Waals surface area contributed by atoms with Crippen molar-refractivity contribution < 1.29 is 21.7 Å². The molecule has 2 saturated carbocycles. The van der Waals surface area contributed by atoms with E-state index in [0.29, 0.717) is 0 Å². The fourth-order valence-corrected chi connectivity index (χ4v) is 1.23. The first-order chi connectivity index (χ1) is 8.79. The zero-order valence-corrected chi connectivity index (χ0v) is 12.8. The quantitative estimate of drug-likeness (QED) is 0.496. The maximum atomic E-state index is 3.68. The van der Waals surface area contributed by atoms with E-state index in [4.69, 9.17) is 0 Å². The molecule has 0 spiro atoms. The van der Waals surface area contributed by atoms with Gasteiger partial charge in [-0.25, -0.2) is 0 Å². The number of rotatable bonds is 0. The first-order valence-electron chi connectivity index (χ1n) is 5.92. The average molecular weight is 282 g/mol. The molecule has 1 aromatic rings. The third-order valence-electron chi connectivity index (χ3n) is 2.17. The van der Waals surface area contributed by atoms with Crippen LogP contribution in [0, 0.1) is 76.2 Å². The molecular weight excluding hydrogens is 264 g/mol. The molecule has 3 rings (SSSR count). The molecule has 19 heavy (non-hydrogen) atoms. The standard InChI is InChI=1S/C6H7.C6H6.C6H5.Ti/c2*1-6-4-2-3-5-6;1-2-4-6-5-3-1;/h2-5H,1H3;2-5H,1H2;1-5H;/q;2*-1;+2. The van der Waals surface area contributed by atoms with E-state index in [0.717, 1.165) is 5.92 Å². The third-order valence-corrected chi connectivity index (χ3v) is 2.17. The molecular formula is C18H18Ti. The minimum absolute atomic E-state index is 0. The first-order valence-corrected chi connectivity index (χ1v) is 5.92. The van der Waals surface area contributed by atoms with Gasteiger partial charge in [-0.3, -0.25) is 0 Å². The summed E-state index contributed by atoms with van der Waals surface area (Å²) in [6, 6.07) is 12.5. The van der Waals surface area contributed by atoms with Gasteiger partial charge in [-0.2, -0.15) is 42.3 Å². The molecule has 0 heterocycles. The molecule has 2 fully saturated rings. The largest absolute Gasteiger partial charge is 2.00 e. The minimum Gasteiger partial charge on any atom is -0.339 e. The summed E-state index contributed by atoms with van der Waals surface area (Å²) in [5.74, 6) is 2.44. The number of hydrogen-bond acceptors (Lipinski definition) is 0. The van der Waals surface area contributed by atoms with Crippen LogP contribution in [0.25, 0.3) is 0 Å². The monoisotopic (exact) mass is 282 g/mol. The van der Waals surface area contributed by atoms with Crippen molar-refractivity contribution in [2.75, 3.05) is 0 Å². The third kappa shape index (κ3) is 11.5. The second-order valence-corrected chi connectivity index (χ2v) is 3.83. The molecule has 0 aliphatic heterocycles. The Morgan fingerprint density at radius 1 is 0.789 bits per heavy atom. The maximum absolute atomic E-state index is 3.68. The molecule has 0 nitrogen and oxygen atoms in total. The van der Waals surface area contributed by atoms with Crippen molar-refractivity contribution in [2.45, 2.75) is 6.92 Å². The van der Waals surface area contributed by atoms with Gasteiger partial charge < -0.3 is 6.92 Å². The Balaban J connectivity index is 0.000000249. The van der Waals surface area contributed by atoms with Crippen LogP contribution >= 0.6 is 0 Å². The van der Waals surface area contributed by atoms with Crippen LogP contribution < -0.4 is 0 Å². The fraction of sp³-hybridized carbons (Fsp3) is 0.0556. The van der Waals surface area contributed by atoms with E-state index >= 15 is 0 Å². The Labute approximate surface area is 135 Å². The summed E-state index contributed by atoms with van der Waals surface area (Å²) in [6.07, 6.45) is 16.1. The maximum Gasteiger partial charge on any atom is 2.00 e. The summed E-state index contributed by atoms with van der Waals surface area (Å²) in [6.45, 7) is 5.76. The van der Waals surface area contributed by atoms with Gasteiger partial charge in [0.15, 0.2) is 0 Å². The molecule has 2 aliphatic rings. The molecule has 1 aromatic carbocycles. The van der Waals surface area contributed by atoms with Crippen LogP contribution in [-0.2, 0) is 21.7 Å². The van der Waals surface area contributed by atoms with Crippen LogP contribution in [0.5, 0.6) is 0 Å². The Kier molecular flexibility index (Phi) is 12.9. The van der Waals surface area contributed by atoms with Gasteiger partial charge in [-0.1, -0.05) is 19.8 Å². The van der Waals surface area contributed by atoms with Crippen molar-refractivity contribution in [2.24, 2.45) is 0 Å². The summed E-state index contributed by atoms with van der Waals surface area (Å²) in [7, 11) is 0. The summed E-state index contributed by atoms with van der Waals surface area (Å²) >= 11 is 0. The van der Waals surface area contributed by atoms with Gasteiger partial charge >= 0.3 is 21.7 Å². The van der Waals surface area contributed by atoms with Crippen molar-refractivity contribution >= 4 is 0 Å². The van der Waals surface area contributed by atoms with E-state index in [2.05, 4.69) is 32.8 Å². The van der Waals surface area contributed by atoms with Gasteiger partial charge in [0.25, 0.3) is 0 Å². The van der Waals surface area contributed by atoms with Gasteiger partial charge in [-0.05, 0) is 44.4 Å². The second kappa shape index (κ2) is 12.9. The molecule has 94 valence electrons. The molecule has 1 heteroatoms. The molecule has 2 aliphatic carbocycles. The van der Waals surface area contributed by atoms with E-state index in [9.17, 15) is 0 Å². The van der Waals surface area contributed by atoms with E-state index < -0.39 is 0 Å². The van der Waals surface area contributed by atoms with Crippen LogP contribution in [0.15, 0.2) is 30.3 Å². The van der Waals surface area contributed by atoms with E-state index in [1.165, 1.54) is 5.92 Å². The van der Waals surface area contributed by atoms with Gasteiger partial charge in [0.2, 0.25) is 0 Å². The van der Waals surface area contributed by atoms with Gasteiger partial charge in [0, 0.05) is 0 Å². The normalized spacial score (nSPS) is 18.6. The molecule has 0 bridgehead atoms. The van der Waals surface area contributed by atoms with Crippen LogP contribution in [0.2, 0.25) is 0 Å². The van der Waals surface area contributed by atoms with Crippen LogP contribution in [-0.4, -0.2) is 0 Å². The Bertz CT molecular complexity index is 218. The molecule has 0 aromatic heterocycles. The summed E-state index contributed by atoms with van der Waals surface area (Å²) in [5, 5.41) is 0. The van der Waals surface area contributed by atoms with Crippen molar-refractivity contribution in [3.8, 4) is 0 Å². The number of benzene rings is 1.